The Labute approximate surface area is 64.8 Å². The van der Waals surface area contributed by atoms with Crippen LogP contribution in [-0.2, 0) is 9.59 Å². The molecule has 0 aromatic heterocycles. The highest BCUT2D eigenvalue weighted by Gasteiger charge is 2.24. The Morgan fingerprint density at radius 3 is 2.64 bits per heavy atom. The maximum Gasteiger partial charge on any atom is 0.323 e. The van der Waals surface area contributed by atoms with E-state index in [1.54, 1.807) is 0 Å². The van der Waals surface area contributed by atoms with Crippen molar-refractivity contribution in [2.45, 2.75) is 12.8 Å². The molecular formula is C7H11NO3. The summed E-state index contributed by atoms with van der Waals surface area (Å²) in [6.07, 6.45) is 2.86. The second kappa shape index (κ2) is 3.37. The van der Waals surface area contributed by atoms with Crippen LogP contribution in [-0.4, -0.2) is 35.5 Å². The zero-order valence-corrected chi connectivity index (χ0v) is 6.19. The molecule has 1 N–H and O–H groups in total. The number of carbonyl (C=O) groups is 2. The van der Waals surface area contributed by atoms with Gasteiger partial charge in [0, 0.05) is 6.54 Å². The normalized spacial score (nSPS) is 16.0. The molecule has 0 radical (unpaired) electrons. The van der Waals surface area contributed by atoms with Gasteiger partial charge < -0.3 is 10.0 Å². The van der Waals surface area contributed by atoms with Gasteiger partial charge in [0.1, 0.15) is 6.54 Å². The fraction of sp³-hybridized carbons (Fsp3) is 0.714. The molecule has 62 valence electrons. The van der Waals surface area contributed by atoms with Crippen LogP contribution in [0, 0.1) is 5.92 Å². The lowest BCUT2D eigenvalue weighted by Crippen LogP contribution is -2.30. The molecule has 0 aliphatic heterocycles. The zero-order chi connectivity index (χ0) is 8.27. The molecule has 1 fully saturated rings. The molecule has 1 aliphatic rings. The minimum atomic E-state index is -0.947. The summed E-state index contributed by atoms with van der Waals surface area (Å²) in [5.74, 6) is -0.391. The van der Waals surface area contributed by atoms with E-state index in [0.717, 1.165) is 12.8 Å². The van der Waals surface area contributed by atoms with Crippen molar-refractivity contribution >= 4 is 12.4 Å². The fourth-order valence-electron chi connectivity index (χ4n) is 0.951. The molecule has 4 heteroatoms. The van der Waals surface area contributed by atoms with Gasteiger partial charge in [-0.15, -0.1) is 0 Å². The molecule has 0 heterocycles. The fourth-order valence-corrected chi connectivity index (χ4v) is 0.951. The Morgan fingerprint density at radius 2 is 2.27 bits per heavy atom. The van der Waals surface area contributed by atoms with Crippen LogP contribution >= 0.6 is 0 Å². The Kier molecular flexibility index (Phi) is 2.46. The minimum Gasteiger partial charge on any atom is -0.480 e. The number of hydrogen-bond acceptors (Lipinski definition) is 2. The van der Waals surface area contributed by atoms with E-state index in [1.165, 1.54) is 4.90 Å². The molecule has 1 amide bonds. The van der Waals surface area contributed by atoms with E-state index >= 15 is 0 Å². The molecular weight excluding hydrogens is 146 g/mol. The van der Waals surface area contributed by atoms with E-state index in [4.69, 9.17) is 5.11 Å². The van der Waals surface area contributed by atoms with Crippen molar-refractivity contribution in [2.75, 3.05) is 13.1 Å². The summed E-state index contributed by atoms with van der Waals surface area (Å²) in [6, 6.07) is 0. The van der Waals surface area contributed by atoms with E-state index in [9.17, 15) is 9.59 Å². The molecule has 4 nitrogen and oxygen atoms in total. The maximum atomic E-state index is 10.3. The lowest BCUT2D eigenvalue weighted by molar-refractivity contribution is -0.140. The quantitative estimate of drug-likeness (QED) is 0.569. The van der Waals surface area contributed by atoms with Crippen molar-refractivity contribution < 1.29 is 14.7 Å². The van der Waals surface area contributed by atoms with Crippen LogP contribution in [0.3, 0.4) is 0 Å². The Balaban J connectivity index is 2.22. The Morgan fingerprint density at radius 1 is 1.64 bits per heavy atom. The summed E-state index contributed by atoms with van der Waals surface area (Å²) in [5.41, 5.74) is 0. The number of carbonyl (C=O) groups excluding carboxylic acids is 1. The molecule has 0 aromatic rings. The predicted molar refractivity (Wildman–Crippen MR) is 38.0 cm³/mol. The van der Waals surface area contributed by atoms with Crippen molar-refractivity contribution in [1.29, 1.82) is 0 Å². The van der Waals surface area contributed by atoms with Crippen molar-refractivity contribution in [3.05, 3.63) is 0 Å². The smallest absolute Gasteiger partial charge is 0.323 e. The largest absolute Gasteiger partial charge is 0.480 e. The number of aliphatic carboxylic acids is 1. The van der Waals surface area contributed by atoms with Gasteiger partial charge in [0.05, 0.1) is 0 Å². The van der Waals surface area contributed by atoms with E-state index in [-0.39, 0.29) is 6.54 Å². The van der Waals surface area contributed by atoms with E-state index < -0.39 is 5.97 Å². The average molecular weight is 157 g/mol. The molecule has 0 bridgehead atoms. The third kappa shape index (κ3) is 3.02. The monoisotopic (exact) mass is 157 g/mol. The Bertz CT molecular complexity index is 165. The molecule has 1 saturated carbocycles. The van der Waals surface area contributed by atoms with Crippen LogP contribution in [0.1, 0.15) is 12.8 Å². The predicted octanol–water partition coefficient (Wildman–Crippen LogP) is -0.0606. The van der Waals surface area contributed by atoms with Crippen molar-refractivity contribution in [3.8, 4) is 0 Å². The number of amides is 1. The van der Waals surface area contributed by atoms with E-state index in [0.29, 0.717) is 18.9 Å². The second-order valence-electron chi connectivity index (χ2n) is 2.87. The van der Waals surface area contributed by atoms with Gasteiger partial charge in [0.2, 0.25) is 6.41 Å². The van der Waals surface area contributed by atoms with Crippen LogP contribution in [0.5, 0.6) is 0 Å². The second-order valence-corrected chi connectivity index (χ2v) is 2.87. The highest BCUT2D eigenvalue weighted by molar-refractivity contribution is 5.71. The number of carboxylic acids is 1. The van der Waals surface area contributed by atoms with Crippen molar-refractivity contribution in [2.24, 2.45) is 5.92 Å². The van der Waals surface area contributed by atoms with Crippen LogP contribution in [0.2, 0.25) is 0 Å². The molecule has 0 unspecified atom stereocenters. The molecule has 0 saturated heterocycles. The summed E-state index contributed by atoms with van der Waals surface area (Å²) in [6.45, 7) is 0.440. The summed E-state index contributed by atoms with van der Waals surface area (Å²) in [4.78, 5) is 21.7. The van der Waals surface area contributed by atoms with Gasteiger partial charge in [-0.05, 0) is 18.8 Å². The van der Waals surface area contributed by atoms with Gasteiger partial charge in [-0.3, -0.25) is 9.59 Å². The van der Waals surface area contributed by atoms with E-state index in [2.05, 4.69) is 0 Å². The molecule has 11 heavy (non-hydrogen) atoms. The summed E-state index contributed by atoms with van der Waals surface area (Å²) < 4.78 is 0. The van der Waals surface area contributed by atoms with Crippen molar-refractivity contribution in [3.63, 3.8) is 0 Å². The first-order valence-corrected chi connectivity index (χ1v) is 3.63. The van der Waals surface area contributed by atoms with Gasteiger partial charge in [0.15, 0.2) is 0 Å². The number of carboxylic acid groups (broad SMARTS) is 1. The van der Waals surface area contributed by atoms with Crippen LogP contribution in [0.4, 0.5) is 0 Å². The van der Waals surface area contributed by atoms with Gasteiger partial charge in [-0.1, -0.05) is 0 Å². The highest BCUT2D eigenvalue weighted by Crippen LogP contribution is 2.29. The SMILES string of the molecule is O=CN(CC(=O)O)CC1CC1. The number of rotatable bonds is 5. The first-order valence-electron chi connectivity index (χ1n) is 3.63. The van der Waals surface area contributed by atoms with E-state index in [1.807, 2.05) is 0 Å². The van der Waals surface area contributed by atoms with Gasteiger partial charge in [-0.25, -0.2) is 0 Å². The van der Waals surface area contributed by atoms with Crippen LogP contribution in [0.25, 0.3) is 0 Å². The third-order valence-corrected chi connectivity index (χ3v) is 1.68. The molecule has 0 spiro atoms. The van der Waals surface area contributed by atoms with Gasteiger partial charge in [-0.2, -0.15) is 0 Å². The average Bonchev–Trinajstić information content (AvgIpc) is 2.69. The highest BCUT2D eigenvalue weighted by atomic mass is 16.4. The Hall–Kier alpha value is -1.06. The first-order chi connectivity index (χ1) is 5.22. The first kappa shape index (κ1) is 8.04. The summed E-state index contributed by atoms with van der Waals surface area (Å²) >= 11 is 0. The van der Waals surface area contributed by atoms with Crippen molar-refractivity contribution in [1.82, 2.24) is 4.90 Å². The maximum absolute atomic E-state index is 10.3. The molecule has 1 aliphatic carbocycles. The molecule has 0 atom stereocenters. The number of hydrogen-bond donors (Lipinski definition) is 1. The minimum absolute atomic E-state index is 0.167. The topological polar surface area (TPSA) is 57.6 Å². The van der Waals surface area contributed by atoms with Crippen LogP contribution in [0.15, 0.2) is 0 Å². The summed E-state index contributed by atoms with van der Waals surface area (Å²) in [7, 11) is 0. The van der Waals surface area contributed by atoms with Gasteiger partial charge in [0.25, 0.3) is 0 Å². The lowest BCUT2D eigenvalue weighted by atomic mass is 10.4. The standard InChI is InChI=1S/C7H11NO3/c9-5-8(4-7(10)11)3-6-1-2-6/h5-6H,1-4H2,(H,10,11). The lowest BCUT2D eigenvalue weighted by Gasteiger charge is -2.12. The zero-order valence-electron chi connectivity index (χ0n) is 6.19. The number of nitrogens with zero attached hydrogens (tertiary/aromatic N) is 1. The molecule has 1 rings (SSSR count). The van der Waals surface area contributed by atoms with Gasteiger partial charge >= 0.3 is 5.97 Å². The third-order valence-electron chi connectivity index (χ3n) is 1.68. The summed E-state index contributed by atoms with van der Waals surface area (Å²) in [5, 5.41) is 8.35. The van der Waals surface area contributed by atoms with Crippen LogP contribution < -0.4 is 0 Å². The molecule has 0 aromatic carbocycles.